The van der Waals surface area contributed by atoms with Gasteiger partial charge in [-0.1, -0.05) is 204 Å². The maximum atomic E-state index is 7.08. The summed E-state index contributed by atoms with van der Waals surface area (Å²) in [6.07, 6.45) is 18.4. The Morgan fingerprint density at radius 2 is 1.07 bits per heavy atom. The first kappa shape index (κ1) is 46.5. The Bertz CT molecular complexity index is 2870. The van der Waals surface area contributed by atoms with Crippen LogP contribution in [0.2, 0.25) is 0 Å². The molecule has 0 aliphatic heterocycles. The number of aromatic nitrogens is 1. The quantitative estimate of drug-likeness (QED) is 0.0731. The lowest BCUT2D eigenvalue weighted by molar-refractivity contribution is 0.0779. The third-order valence-electron chi connectivity index (χ3n) is 14.3. The minimum absolute atomic E-state index is 0.237. The minimum Gasteiger partial charge on any atom is -0.385 e. The summed E-state index contributed by atoms with van der Waals surface area (Å²) in [7, 11) is 0. The highest BCUT2D eigenvalue weighted by atomic mass is 15.3. The summed E-state index contributed by atoms with van der Waals surface area (Å²) in [6.45, 7) is 17.7. The minimum atomic E-state index is -0.447. The molecule has 0 radical (unpaired) electrons. The van der Waals surface area contributed by atoms with Gasteiger partial charge in [-0.15, -0.1) is 0 Å². The van der Waals surface area contributed by atoms with Gasteiger partial charge in [0.15, 0.2) is 0 Å². The molecule has 0 amide bonds. The molecule has 0 fully saturated rings. The second kappa shape index (κ2) is 20.2. The van der Waals surface area contributed by atoms with E-state index in [2.05, 4.69) is 227 Å². The number of fused-ring (bicyclic) bond motifs is 3. The van der Waals surface area contributed by atoms with E-state index in [-0.39, 0.29) is 11.0 Å². The van der Waals surface area contributed by atoms with Crippen molar-refractivity contribution >= 4 is 30.0 Å². The normalized spacial score (nSPS) is 15.2. The van der Waals surface area contributed by atoms with Crippen LogP contribution < -0.4 is 10.6 Å². The van der Waals surface area contributed by atoms with E-state index in [1.54, 1.807) is 0 Å². The standard InChI is InChI=1S/C63H66N4/c1-8-11-25-60(64)67(55-38-34-50(35-39-55)29-27-48-22-16-13-17-23-48)63(7,10-3)53-37-41-57-56-40-36-52(43-58(56)61(4,5)59(57)44-53)62(6,9-2)66(46-54-24-18-19-42-65-54)45-51-32-30-49(31-33-51)28-26-47-20-14-12-15-21-47/h8,11-44H,9-10,45-46,64H2,1-7H3/b11-8-,28-26+,29-27+,60-25+. The van der Waals surface area contributed by atoms with E-state index in [0.29, 0.717) is 5.82 Å². The lowest BCUT2D eigenvalue weighted by Gasteiger charge is -2.43. The Kier molecular flexibility index (Phi) is 14.1. The van der Waals surface area contributed by atoms with Crippen LogP contribution in [0.3, 0.4) is 0 Å². The van der Waals surface area contributed by atoms with Gasteiger partial charge in [0, 0.05) is 35.9 Å². The van der Waals surface area contributed by atoms with E-state index >= 15 is 0 Å². The van der Waals surface area contributed by atoms with Gasteiger partial charge in [-0.25, -0.2) is 0 Å². The third kappa shape index (κ3) is 9.92. The van der Waals surface area contributed by atoms with E-state index in [9.17, 15) is 0 Å². The Hall–Kier alpha value is -7.01. The molecule has 4 heteroatoms. The summed E-state index contributed by atoms with van der Waals surface area (Å²) in [6, 6.07) is 59.4. The lowest BCUT2D eigenvalue weighted by Crippen LogP contribution is -2.45. The van der Waals surface area contributed by atoms with Crippen molar-refractivity contribution in [1.29, 1.82) is 0 Å². The largest absolute Gasteiger partial charge is 0.385 e. The number of nitrogens with two attached hydrogens (primary N) is 1. The monoisotopic (exact) mass is 879 g/mol. The zero-order valence-corrected chi connectivity index (χ0v) is 40.5. The van der Waals surface area contributed by atoms with Gasteiger partial charge < -0.3 is 10.6 Å². The number of rotatable bonds is 17. The summed E-state index contributed by atoms with van der Waals surface area (Å²) in [4.78, 5) is 9.77. The van der Waals surface area contributed by atoms with Crippen molar-refractivity contribution in [2.75, 3.05) is 4.90 Å². The summed E-state index contributed by atoms with van der Waals surface area (Å²) in [5.74, 6) is 0.702. The van der Waals surface area contributed by atoms with Crippen LogP contribution >= 0.6 is 0 Å². The molecule has 0 bridgehead atoms. The van der Waals surface area contributed by atoms with Gasteiger partial charge in [0.2, 0.25) is 0 Å². The zero-order valence-electron chi connectivity index (χ0n) is 40.5. The SMILES string of the molecule is C/C=C\C=C(/N)N(c1ccc(/C=C/c2ccccc2)cc1)C(C)(CC)c1ccc2c(c1)C(C)(C)c1cc(C(C)(CC)N(Cc3ccc(/C=C/c4ccccc4)cc3)Cc3ccccn3)ccc1-2. The Labute approximate surface area is 400 Å². The topological polar surface area (TPSA) is 45.4 Å². The Morgan fingerprint density at radius 3 is 1.57 bits per heavy atom. The number of hydrogen-bond donors (Lipinski definition) is 1. The van der Waals surface area contributed by atoms with Crippen LogP contribution in [0.5, 0.6) is 0 Å². The van der Waals surface area contributed by atoms with Crippen molar-refractivity contribution in [3.63, 3.8) is 0 Å². The number of allylic oxidation sites excluding steroid dienone is 3. The molecule has 8 rings (SSSR count). The molecule has 0 saturated carbocycles. The highest BCUT2D eigenvalue weighted by Crippen LogP contribution is 2.52. The molecule has 0 spiro atoms. The van der Waals surface area contributed by atoms with E-state index in [0.717, 1.165) is 42.9 Å². The first-order valence-corrected chi connectivity index (χ1v) is 24.0. The summed E-state index contributed by atoms with van der Waals surface area (Å²) in [5, 5.41) is 0. The van der Waals surface area contributed by atoms with Crippen LogP contribution in [0.4, 0.5) is 5.69 Å². The molecule has 2 N–H and O–H groups in total. The molecule has 1 aliphatic carbocycles. The summed E-state index contributed by atoms with van der Waals surface area (Å²) in [5.41, 5.74) is 22.1. The first-order chi connectivity index (χ1) is 32.5. The molecule has 7 aromatic rings. The van der Waals surface area contributed by atoms with Crippen molar-refractivity contribution in [1.82, 2.24) is 9.88 Å². The van der Waals surface area contributed by atoms with E-state index in [4.69, 9.17) is 10.7 Å². The number of benzene rings is 6. The zero-order chi connectivity index (χ0) is 47.0. The summed E-state index contributed by atoms with van der Waals surface area (Å²) >= 11 is 0. The van der Waals surface area contributed by atoms with Crippen LogP contribution in [0.1, 0.15) is 117 Å². The van der Waals surface area contributed by atoms with Gasteiger partial charge >= 0.3 is 0 Å². The fourth-order valence-corrected chi connectivity index (χ4v) is 9.79. The van der Waals surface area contributed by atoms with Gasteiger partial charge in [-0.3, -0.25) is 9.88 Å². The second-order valence-corrected chi connectivity index (χ2v) is 18.9. The molecule has 1 aromatic heterocycles. The average Bonchev–Trinajstić information content (AvgIpc) is 3.60. The van der Waals surface area contributed by atoms with Crippen LogP contribution in [0, 0.1) is 0 Å². The Morgan fingerprint density at radius 1 is 0.582 bits per heavy atom. The third-order valence-corrected chi connectivity index (χ3v) is 14.3. The molecule has 67 heavy (non-hydrogen) atoms. The van der Waals surface area contributed by atoms with Crippen molar-refractivity contribution < 1.29 is 0 Å². The maximum absolute atomic E-state index is 7.08. The number of nitrogens with zero attached hydrogens (tertiary/aromatic N) is 3. The number of hydrogen-bond acceptors (Lipinski definition) is 4. The molecule has 6 aromatic carbocycles. The first-order valence-electron chi connectivity index (χ1n) is 24.0. The predicted octanol–water partition coefficient (Wildman–Crippen LogP) is 15.6. The lowest BCUT2D eigenvalue weighted by atomic mass is 9.77. The maximum Gasteiger partial charge on any atom is 0.104 e. The molecule has 1 heterocycles. The molecule has 338 valence electrons. The van der Waals surface area contributed by atoms with E-state index < -0.39 is 5.54 Å². The van der Waals surface area contributed by atoms with Crippen LogP contribution in [0.15, 0.2) is 194 Å². The smallest absolute Gasteiger partial charge is 0.104 e. The van der Waals surface area contributed by atoms with Crippen molar-refractivity contribution in [2.45, 2.75) is 90.9 Å². The highest BCUT2D eigenvalue weighted by Gasteiger charge is 2.41. The number of pyridine rings is 1. The van der Waals surface area contributed by atoms with Gasteiger partial charge in [0.1, 0.15) is 5.82 Å². The molecule has 2 unspecified atom stereocenters. The van der Waals surface area contributed by atoms with Gasteiger partial charge in [0.25, 0.3) is 0 Å². The van der Waals surface area contributed by atoms with Crippen molar-refractivity contribution in [3.8, 4) is 11.1 Å². The number of anilines is 1. The van der Waals surface area contributed by atoms with Crippen molar-refractivity contribution in [2.24, 2.45) is 5.73 Å². The molecular formula is C63H66N4. The second-order valence-electron chi connectivity index (χ2n) is 18.9. The molecule has 0 saturated heterocycles. The fraction of sp³-hybridized carbons (Fsp3) is 0.222. The summed E-state index contributed by atoms with van der Waals surface area (Å²) < 4.78 is 0. The fourth-order valence-electron chi connectivity index (χ4n) is 9.79. The average molecular weight is 879 g/mol. The van der Waals surface area contributed by atoms with E-state index in [1.165, 1.54) is 55.6 Å². The van der Waals surface area contributed by atoms with Gasteiger partial charge in [-0.05, 0) is 125 Å². The van der Waals surface area contributed by atoms with E-state index in [1.807, 2.05) is 43.5 Å². The van der Waals surface area contributed by atoms with Crippen LogP contribution in [-0.2, 0) is 29.6 Å². The van der Waals surface area contributed by atoms with Gasteiger partial charge in [-0.2, -0.15) is 0 Å². The molecule has 4 nitrogen and oxygen atoms in total. The molecule has 2 atom stereocenters. The van der Waals surface area contributed by atoms with Crippen LogP contribution in [0.25, 0.3) is 35.4 Å². The molecule has 1 aliphatic rings. The molecular weight excluding hydrogens is 813 g/mol. The highest BCUT2D eigenvalue weighted by molar-refractivity contribution is 5.82. The van der Waals surface area contributed by atoms with Crippen molar-refractivity contribution in [3.05, 3.63) is 250 Å². The van der Waals surface area contributed by atoms with Crippen LogP contribution in [-0.4, -0.2) is 9.88 Å². The Balaban J connectivity index is 1.11. The van der Waals surface area contributed by atoms with Gasteiger partial charge in [0.05, 0.1) is 11.2 Å². The predicted molar refractivity (Wildman–Crippen MR) is 286 cm³/mol.